The summed E-state index contributed by atoms with van der Waals surface area (Å²) >= 11 is 0. The topological polar surface area (TPSA) is 201 Å². The molecule has 20 heavy (non-hydrogen) atoms. The molecule has 13 heteroatoms. The van der Waals surface area contributed by atoms with Gasteiger partial charge < -0.3 is 20.1 Å². The van der Waals surface area contributed by atoms with Crippen LogP contribution in [-0.4, -0.2) is 51.0 Å². The minimum atomic E-state index is -2.92. The van der Waals surface area contributed by atoms with Gasteiger partial charge in [-0.15, -0.1) is 9.79 Å². The van der Waals surface area contributed by atoms with Crippen molar-refractivity contribution in [3.63, 3.8) is 0 Å². The Labute approximate surface area is 115 Å². The lowest BCUT2D eigenvalue weighted by atomic mass is 9.85. The van der Waals surface area contributed by atoms with Crippen molar-refractivity contribution in [1.82, 2.24) is 0 Å². The molecule has 11 nitrogen and oxygen atoms in total. The summed E-state index contributed by atoms with van der Waals surface area (Å²) in [6.07, 6.45) is -0.0784. The molecule has 0 heterocycles. The van der Waals surface area contributed by atoms with Crippen LogP contribution in [0.15, 0.2) is 0 Å². The van der Waals surface area contributed by atoms with E-state index in [-0.39, 0.29) is 0 Å². The molecule has 3 atom stereocenters. The van der Waals surface area contributed by atoms with Crippen LogP contribution in [0.5, 0.6) is 0 Å². The van der Waals surface area contributed by atoms with E-state index in [1.807, 2.05) is 0 Å². The first kappa shape index (κ1) is 21.0. The van der Waals surface area contributed by atoms with Crippen molar-refractivity contribution >= 4 is 16.5 Å². The third-order valence-electron chi connectivity index (χ3n) is 1.93. The van der Waals surface area contributed by atoms with Gasteiger partial charge in [0.1, 0.15) is 6.07 Å². The Kier molecular flexibility index (Phi) is 12.2. The van der Waals surface area contributed by atoms with Gasteiger partial charge in [-0.3, -0.25) is 0 Å². The van der Waals surface area contributed by atoms with E-state index in [1.165, 1.54) is 6.26 Å². The molecular formula is C7H12N2O9P2+2. The van der Waals surface area contributed by atoms with Gasteiger partial charge in [-0.25, -0.2) is 0 Å². The monoisotopic (exact) mass is 330 g/mol. The van der Waals surface area contributed by atoms with Crippen LogP contribution in [-0.2, 0) is 18.2 Å². The Hall–Kier alpha value is -1.26. The fourth-order valence-corrected chi connectivity index (χ4v) is 1.28. The molecule has 0 spiro atoms. The van der Waals surface area contributed by atoms with Gasteiger partial charge >= 0.3 is 16.5 Å². The maximum Gasteiger partial charge on any atom is 0.745 e. The predicted molar refractivity (Wildman–Crippen MR) is 60.5 cm³/mol. The van der Waals surface area contributed by atoms with Crippen molar-refractivity contribution in [3.05, 3.63) is 0 Å². The first-order chi connectivity index (χ1) is 9.33. The van der Waals surface area contributed by atoms with E-state index in [0.717, 1.165) is 0 Å². The van der Waals surface area contributed by atoms with Crippen molar-refractivity contribution in [2.75, 3.05) is 19.8 Å². The Morgan fingerprint density at radius 3 is 1.60 bits per heavy atom. The summed E-state index contributed by atoms with van der Waals surface area (Å²) in [5, 5.41) is 43.2. The number of hydrogen-bond donors (Lipinski definition) is 5. The van der Waals surface area contributed by atoms with Gasteiger partial charge in [0.2, 0.25) is 6.10 Å². The van der Waals surface area contributed by atoms with Crippen molar-refractivity contribution in [2.45, 2.75) is 6.10 Å². The first-order valence-corrected chi connectivity index (χ1v) is 6.86. The number of hydrogen-bond acceptors (Lipinski definition) is 9. The van der Waals surface area contributed by atoms with Crippen LogP contribution in [0.2, 0.25) is 0 Å². The average Bonchev–Trinajstić information content (AvgIpc) is 2.39. The summed E-state index contributed by atoms with van der Waals surface area (Å²) in [5.74, 6) is 0. The summed E-state index contributed by atoms with van der Waals surface area (Å²) in [6.45, 7) is -1.92. The molecule has 0 aliphatic carbocycles. The van der Waals surface area contributed by atoms with Crippen LogP contribution in [0.3, 0.4) is 0 Å². The van der Waals surface area contributed by atoms with Gasteiger partial charge in [0.15, 0.2) is 4.31 Å². The Balaban J connectivity index is 0. The number of aliphatic hydroxyl groups excluding tert-OH is 3. The summed E-state index contributed by atoms with van der Waals surface area (Å²) in [6, 6.07) is 1.57. The van der Waals surface area contributed by atoms with Gasteiger partial charge in [0, 0.05) is 9.13 Å². The minimum absolute atomic E-state index is 0.639. The van der Waals surface area contributed by atoms with E-state index in [1.54, 1.807) is 6.07 Å². The third kappa shape index (κ3) is 8.02. The summed E-state index contributed by atoms with van der Waals surface area (Å²) < 4.78 is 26.5. The second-order valence-corrected chi connectivity index (χ2v) is 4.72. The zero-order chi connectivity index (χ0) is 16.2. The summed E-state index contributed by atoms with van der Waals surface area (Å²) in [4.78, 5) is 15.3. The molecule has 0 saturated heterocycles. The van der Waals surface area contributed by atoms with Gasteiger partial charge in [-0.05, 0) is 0 Å². The first-order valence-electron chi connectivity index (χ1n) is 4.60. The molecule has 0 rings (SSSR count). The van der Waals surface area contributed by atoms with E-state index in [2.05, 4.69) is 9.05 Å². The second kappa shape index (κ2) is 11.6. The quantitative estimate of drug-likeness (QED) is 0.272. The van der Waals surface area contributed by atoms with Crippen LogP contribution < -0.4 is 0 Å². The lowest BCUT2D eigenvalue weighted by Crippen LogP contribution is -2.45. The van der Waals surface area contributed by atoms with Crippen LogP contribution in [0.25, 0.3) is 0 Å². The second-order valence-electron chi connectivity index (χ2n) is 3.11. The lowest BCUT2D eigenvalue weighted by Gasteiger charge is -2.29. The highest BCUT2D eigenvalue weighted by Gasteiger charge is 2.40. The third-order valence-corrected chi connectivity index (χ3v) is 3.05. The van der Waals surface area contributed by atoms with E-state index in [4.69, 9.17) is 35.6 Å². The number of rotatable bonds is 7. The van der Waals surface area contributed by atoms with E-state index in [9.17, 15) is 9.13 Å². The Bertz CT molecular complexity index is 380. The smallest absolute Gasteiger partial charge is 0.408 e. The Morgan fingerprint density at radius 2 is 1.45 bits per heavy atom. The van der Waals surface area contributed by atoms with Crippen LogP contribution >= 0.6 is 16.5 Å². The molecule has 0 saturated carbocycles. The van der Waals surface area contributed by atoms with Gasteiger partial charge in [-0.1, -0.05) is 0 Å². The predicted octanol–water partition coefficient (Wildman–Crippen LogP) is -1.36. The van der Waals surface area contributed by atoms with Crippen molar-refractivity contribution < 1.29 is 43.3 Å². The fraction of sp³-hybridized carbons (Fsp3) is 0.714. The highest BCUT2D eigenvalue weighted by atomic mass is 31.2. The molecule has 3 unspecified atom stereocenters. The fourth-order valence-electron chi connectivity index (χ4n) is 0.799. The van der Waals surface area contributed by atoms with Crippen molar-refractivity contribution in [1.29, 1.82) is 10.5 Å². The Morgan fingerprint density at radius 1 is 1.05 bits per heavy atom. The zero-order valence-corrected chi connectivity index (χ0v) is 11.6. The van der Waals surface area contributed by atoms with Crippen LogP contribution in [0, 0.1) is 28.3 Å². The molecule has 112 valence electrons. The average molecular weight is 330 g/mol. The molecule has 0 aromatic rings. The van der Waals surface area contributed by atoms with Gasteiger partial charge in [0.05, 0.1) is 25.2 Å². The number of aliphatic hydroxyl groups is 3. The standard InChI is InChI=1S/C7H10N2O4.O5P2/c8-1-6(13-5-9)7(2-10,3-11)4-12;1-6(2)5-7(3)4/h6,10-12H,2-4H2;/p+2. The van der Waals surface area contributed by atoms with E-state index in [0.29, 0.717) is 0 Å². The molecule has 0 bridgehead atoms. The summed E-state index contributed by atoms with van der Waals surface area (Å²) in [5.41, 5.74) is -1.50. The summed E-state index contributed by atoms with van der Waals surface area (Å²) in [7, 11) is -5.85. The maximum absolute atomic E-state index is 9.39. The van der Waals surface area contributed by atoms with Crippen LogP contribution in [0.4, 0.5) is 0 Å². The molecule has 0 aromatic heterocycles. The zero-order valence-electron chi connectivity index (χ0n) is 9.86. The van der Waals surface area contributed by atoms with Crippen molar-refractivity contribution in [2.24, 2.45) is 5.41 Å². The highest BCUT2D eigenvalue weighted by molar-refractivity contribution is 7.46. The molecule has 0 aromatic carbocycles. The SMILES string of the molecule is N#COC(C#N)C(CO)(CO)CO.O=[P+](O)O[P+](=O)O. The lowest BCUT2D eigenvalue weighted by molar-refractivity contribution is -0.0612. The maximum atomic E-state index is 9.39. The number of nitriles is 2. The minimum Gasteiger partial charge on any atom is -0.408 e. The van der Waals surface area contributed by atoms with E-state index >= 15 is 0 Å². The molecular weight excluding hydrogens is 318 g/mol. The van der Waals surface area contributed by atoms with Gasteiger partial charge in [0.25, 0.3) is 6.26 Å². The highest BCUT2D eigenvalue weighted by Crippen LogP contribution is 2.30. The van der Waals surface area contributed by atoms with Crippen molar-refractivity contribution in [3.8, 4) is 12.3 Å². The largest absolute Gasteiger partial charge is 0.745 e. The van der Waals surface area contributed by atoms with E-state index < -0.39 is 47.8 Å². The van der Waals surface area contributed by atoms with Gasteiger partial charge in [-0.2, -0.15) is 10.5 Å². The normalized spacial score (nSPS) is 12.9. The molecule has 5 N–H and O–H groups in total. The number of nitrogens with zero attached hydrogens (tertiary/aromatic N) is 2. The molecule has 0 fully saturated rings. The number of ether oxygens (including phenoxy) is 1. The molecule has 0 aliphatic heterocycles. The molecule has 0 amide bonds. The molecule has 0 radical (unpaired) electrons. The molecule has 0 aliphatic rings. The van der Waals surface area contributed by atoms with Crippen LogP contribution in [0.1, 0.15) is 0 Å².